The zero-order chi connectivity index (χ0) is 23.8. The molecule has 33 heavy (non-hydrogen) atoms. The van der Waals surface area contributed by atoms with Gasteiger partial charge in [0.2, 0.25) is 0 Å². The van der Waals surface area contributed by atoms with Gasteiger partial charge in [-0.1, -0.05) is 12.1 Å². The molecule has 0 bridgehead atoms. The quantitative estimate of drug-likeness (QED) is 0.475. The Kier molecular flexibility index (Phi) is 8.01. The van der Waals surface area contributed by atoms with Crippen LogP contribution in [0.25, 0.3) is 11.3 Å². The van der Waals surface area contributed by atoms with Crippen molar-refractivity contribution >= 4 is 5.97 Å². The van der Waals surface area contributed by atoms with Crippen LogP contribution in [0.1, 0.15) is 35.4 Å². The minimum atomic E-state index is -1.03. The van der Waals surface area contributed by atoms with E-state index in [1.54, 1.807) is 24.3 Å². The first-order valence-electron chi connectivity index (χ1n) is 10.6. The van der Waals surface area contributed by atoms with Crippen molar-refractivity contribution in [2.75, 3.05) is 19.8 Å². The Morgan fingerprint density at radius 3 is 2.61 bits per heavy atom. The maximum atomic E-state index is 10.7. The maximum absolute atomic E-state index is 10.7. The number of aryl methyl sites for hydroxylation is 2. The molecular formula is C26H26N2O5. The summed E-state index contributed by atoms with van der Waals surface area (Å²) in [6.45, 7) is 6.09. The number of ether oxygens (including phenoxy) is 3. The van der Waals surface area contributed by atoms with Crippen molar-refractivity contribution in [1.82, 2.24) is 4.98 Å². The molecule has 0 spiro atoms. The monoisotopic (exact) mass is 446 g/mol. The molecule has 3 aromatic rings. The van der Waals surface area contributed by atoms with Crippen molar-refractivity contribution in [3.05, 3.63) is 77.0 Å². The van der Waals surface area contributed by atoms with Gasteiger partial charge in [-0.15, -0.1) is 0 Å². The molecule has 7 heteroatoms. The zero-order valence-corrected chi connectivity index (χ0v) is 18.9. The summed E-state index contributed by atoms with van der Waals surface area (Å²) in [5, 5.41) is 18.0. The molecular weight excluding hydrogens is 420 g/mol. The van der Waals surface area contributed by atoms with Crippen molar-refractivity contribution in [3.63, 3.8) is 0 Å². The maximum Gasteiger partial charge on any atom is 0.341 e. The minimum Gasteiger partial charge on any atom is -0.482 e. The van der Waals surface area contributed by atoms with E-state index in [2.05, 4.69) is 6.07 Å². The third kappa shape index (κ3) is 6.31. The van der Waals surface area contributed by atoms with Gasteiger partial charge < -0.3 is 19.3 Å². The third-order valence-corrected chi connectivity index (χ3v) is 4.99. The van der Waals surface area contributed by atoms with E-state index >= 15 is 0 Å². The number of carbonyl (C=O) groups is 1. The van der Waals surface area contributed by atoms with E-state index in [0.717, 1.165) is 22.4 Å². The Hall–Kier alpha value is -3.89. The van der Waals surface area contributed by atoms with Crippen LogP contribution in [0.5, 0.6) is 11.5 Å². The SMILES string of the molecule is CCOC[C@@H](Oc1ccc(OCC(=O)O)c(C)c1)c1cccc(-c2ccc(C#N)c(C)c2)n1. The van der Waals surface area contributed by atoms with Crippen LogP contribution >= 0.6 is 0 Å². The van der Waals surface area contributed by atoms with E-state index in [1.807, 2.05) is 51.1 Å². The predicted octanol–water partition coefficient (Wildman–Crippen LogP) is 4.86. The standard InChI is InChI=1S/C26H26N2O5/c1-4-31-15-25(33-21-10-11-24(18(3)13-21)32-16-26(29)30)23-7-5-6-22(28-23)19-8-9-20(14-27)17(2)12-19/h5-13,25H,4,15-16H2,1-3H3,(H,29,30)/t25-/m1/s1. The van der Waals surface area contributed by atoms with E-state index in [4.69, 9.17) is 24.3 Å². The van der Waals surface area contributed by atoms with Gasteiger partial charge in [-0.3, -0.25) is 0 Å². The van der Waals surface area contributed by atoms with Crippen LogP contribution in [-0.2, 0) is 9.53 Å². The van der Waals surface area contributed by atoms with Crippen LogP contribution in [0.3, 0.4) is 0 Å². The lowest BCUT2D eigenvalue weighted by atomic mass is 10.0. The number of aliphatic carboxylic acids is 1. The molecule has 0 aliphatic rings. The number of nitriles is 1. The summed E-state index contributed by atoms with van der Waals surface area (Å²) in [5.74, 6) is 0.0543. The van der Waals surface area contributed by atoms with Crippen molar-refractivity contribution in [3.8, 4) is 28.8 Å². The van der Waals surface area contributed by atoms with Gasteiger partial charge in [-0.25, -0.2) is 9.78 Å². The highest BCUT2D eigenvalue weighted by Crippen LogP contribution is 2.29. The Balaban J connectivity index is 1.85. The second kappa shape index (κ2) is 11.1. The lowest BCUT2D eigenvalue weighted by Crippen LogP contribution is -2.16. The topological polar surface area (TPSA) is 102 Å². The van der Waals surface area contributed by atoms with Crippen LogP contribution in [0.4, 0.5) is 0 Å². The van der Waals surface area contributed by atoms with Gasteiger partial charge in [-0.05, 0) is 74.4 Å². The summed E-state index contributed by atoms with van der Waals surface area (Å²) in [6, 6.07) is 18.8. The Morgan fingerprint density at radius 2 is 1.94 bits per heavy atom. The van der Waals surface area contributed by atoms with E-state index in [0.29, 0.717) is 36.0 Å². The summed E-state index contributed by atoms with van der Waals surface area (Å²) < 4.78 is 17.1. The van der Waals surface area contributed by atoms with Crippen LogP contribution in [0.2, 0.25) is 0 Å². The first kappa shape index (κ1) is 23.8. The third-order valence-electron chi connectivity index (χ3n) is 4.99. The zero-order valence-electron chi connectivity index (χ0n) is 18.9. The van der Waals surface area contributed by atoms with Gasteiger partial charge in [0.25, 0.3) is 0 Å². The van der Waals surface area contributed by atoms with Gasteiger partial charge in [-0.2, -0.15) is 5.26 Å². The molecule has 7 nitrogen and oxygen atoms in total. The van der Waals surface area contributed by atoms with Gasteiger partial charge in [0.15, 0.2) is 12.7 Å². The summed E-state index contributed by atoms with van der Waals surface area (Å²) >= 11 is 0. The molecule has 0 saturated heterocycles. The fraction of sp³-hybridized carbons (Fsp3) is 0.269. The highest BCUT2D eigenvalue weighted by molar-refractivity contribution is 5.68. The van der Waals surface area contributed by atoms with E-state index < -0.39 is 18.7 Å². The molecule has 1 heterocycles. The first-order chi connectivity index (χ1) is 15.9. The van der Waals surface area contributed by atoms with Crippen molar-refractivity contribution in [2.24, 2.45) is 0 Å². The molecule has 1 N–H and O–H groups in total. The summed E-state index contributed by atoms with van der Waals surface area (Å²) in [6.07, 6.45) is -0.449. The van der Waals surface area contributed by atoms with E-state index in [1.165, 1.54) is 0 Å². The molecule has 0 fully saturated rings. The second-order valence-corrected chi connectivity index (χ2v) is 7.46. The molecule has 0 saturated carbocycles. The second-order valence-electron chi connectivity index (χ2n) is 7.46. The van der Waals surface area contributed by atoms with Crippen LogP contribution in [0.15, 0.2) is 54.6 Å². The predicted molar refractivity (Wildman–Crippen MR) is 123 cm³/mol. The molecule has 0 unspecified atom stereocenters. The number of pyridine rings is 1. The van der Waals surface area contributed by atoms with Gasteiger partial charge in [0.05, 0.1) is 29.6 Å². The number of carboxylic acids is 1. The first-order valence-corrected chi connectivity index (χ1v) is 10.6. The van der Waals surface area contributed by atoms with Gasteiger partial charge in [0, 0.05) is 12.2 Å². The normalized spacial score (nSPS) is 11.5. The van der Waals surface area contributed by atoms with E-state index in [9.17, 15) is 10.1 Å². The van der Waals surface area contributed by atoms with Gasteiger partial charge >= 0.3 is 5.97 Å². The summed E-state index contributed by atoms with van der Waals surface area (Å²) in [4.78, 5) is 15.5. The fourth-order valence-electron chi connectivity index (χ4n) is 3.31. The van der Waals surface area contributed by atoms with Crippen LogP contribution < -0.4 is 9.47 Å². The number of hydrogen-bond donors (Lipinski definition) is 1. The van der Waals surface area contributed by atoms with Crippen molar-refractivity contribution < 1.29 is 24.1 Å². The lowest BCUT2D eigenvalue weighted by Gasteiger charge is -2.20. The number of nitrogens with zero attached hydrogens (tertiary/aromatic N) is 2. The number of benzene rings is 2. The fourth-order valence-corrected chi connectivity index (χ4v) is 3.31. The lowest BCUT2D eigenvalue weighted by molar-refractivity contribution is -0.139. The molecule has 1 aromatic heterocycles. The van der Waals surface area contributed by atoms with Crippen LogP contribution in [-0.4, -0.2) is 35.9 Å². The molecule has 3 rings (SSSR count). The Morgan fingerprint density at radius 1 is 1.12 bits per heavy atom. The molecule has 2 aromatic carbocycles. The molecule has 0 radical (unpaired) electrons. The van der Waals surface area contributed by atoms with E-state index in [-0.39, 0.29) is 0 Å². The van der Waals surface area contributed by atoms with Crippen molar-refractivity contribution in [2.45, 2.75) is 26.9 Å². The Bertz CT molecular complexity index is 1170. The molecule has 0 amide bonds. The molecule has 1 atom stereocenters. The minimum absolute atomic E-state index is 0.315. The summed E-state index contributed by atoms with van der Waals surface area (Å²) in [7, 11) is 0. The summed E-state index contributed by atoms with van der Waals surface area (Å²) in [5.41, 5.74) is 4.70. The highest BCUT2D eigenvalue weighted by atomic mass is 16.5. The number of carboxylic acid groups (broad SMARTS) is 1. The highest BCUT2D eigenvalue weighted by Gasteiger charge is 2.17. The average Bonchev–Trinajstić information content (AvgIpc) is 2.81. The largest absolute Gasteiger partial charge is 0.482 e. The van der Waals surface area contributed by atoms with Gasteiger partial charge in [0.1, 0.15) is 11.5 Å². The molecule has 0 aliphatic heterocycles. The smallest absolute Gasteiger partial charge is 0.341 e. The Labute approximate surface area is 193 Å². The average molecular weight is 447 g/mol. The van der Waals surface area contributed by atoms with Crippen molar-refractivity contribution in [1.29, 1.82) is 5.26 Å². The molecule has 170 valence electrons. The molecule has 0 aliphatic carbocycles. The number of hydrogen-bond acceptors (Lipinski definition) is 6. The number of aromatic nitrogens is 1. The van der Waals surface area contributed by atoms with Crippen LogP contribution in [0, 0.1) is 25.2 Å². The number of rotatable bonds is 10.